The van der Waals surface area contributed by atoms with Crippen molar-refractivity contribution >= 4 is 17.4 Å². The molecular weight excluding hydrogens is 276 g/mol. The first-order chi connectivity index (χ1) is 10.6. The summed E-state index contributed by atoms with van der Waals surface area (Å²) in [5.41, 5.74) is 3.79. The van der Waals surface area contributed by atoms with Crippen LogP contribution in [0.4, 0.5) is 5.69 Å². The number of rotatable bonds is 5. The molecule has 0 bridgehead atoms. The van der Waals surface area contributed by atoms with Crippen LogP contribution in [0.15, 0.2) is 12.1 Å². The van der Waals surface area contributed by atoms with Crippen LogP contribution in [0.1, 0.15) is 54.6 Å². The molecule has 2 aliphatic rings. The van der Waals surface area contributed by atoms with E-state index in [9.17, 15) is 9.59 Å². The van der Waals surface area contributed by atoms with Gasteiger partial charge in [-0.15, -0.1) is 0 Å². The zero-order valence-electron chi connectivity index (χ0n) is 13.4. The Balaban J connectivity index is 1.84. The molecule has 1 aromatic carbocycles. The number of carbonyl (C=O) groups excluding carboxylic acids is 2. The summed E-state index contributed by atoms with van der Waals surface area (Å²) in [5, 5.41) is 2.67. The number of nitrogens with one attached hydrogen (secondary N) is 1. The Morgan fingerprint density at radius 1 is 1.14 bits per heavy atom. The highest BCUT2D eigenvalue weighted by Gasteiger charge is 2.31. The van der Waals surface area contributed by atoms with Crippen molar-refractivity contribution in [2.75, 3.05) is 18.4 Å². The van der Waals surface area contributed by atoms with Gasteiger partial charge in [-0.3, -0.25) is 9.59 Å². The predicted molar refractivity (Wildman–Crippen MR) is 87.4 cm³/mol. The van der Waals surface area contributed by atoms with Crippen LogP contribution in [0.25, 0.3) is 0 Å². The highest BCUT2D eigenvalue weighted by molar-refractivity contribution is 6.51. The minimum atomic E-state index is -0.493. The topological polar surface area (TPSA) is 49.4 Å². The Hall–Kier alpha value is -1.68. The fourth-order valence-corrected chi connectivity index (χ4v) is 3.75. The maximum absolute atomic E-state index is 11.9. The van der Waals surface area contributed by atoms with Crippen LogP contribution in [0.2, 0.25) is 0 Å². The first-order valence-electron chi connectivity index (χ1n) is 8.39. The van der Waals surface area contributed by atoms with E-state index in [0.29, 0.717) is 17.3 Å². The minimum Gasteiger partial charge on any atom is -0.318 e. The molecule has 1 heterocycles. The molecule has 0 aromatic heterocycles. The number of fused-ring (bicyclic) bond motifs is 2. The maximum atomic E-state index is 11.9. The Bertz CT molecular complexity index is 603. The van der Waals surface area contributed by atoms with Gasteiger partial charge < -0.3 is 10.2 Å². The van der Waals surface area contributed by atoms with Gasteiger partial charge in [-0.05, 0) is 68.5 Å². The van der Waals surface area contributed by atoms with Crippen molar-refractivity contribution in [1.29, 1.82) is 0 Å². The van der Waals surface area contributed by atoms with Crippen molar-refractivity contribution in [1.82, 2.24) is 4.90 Å². The van der Waals surface area contributed by atoms with Gasteiger partial charge in [0.25, 0.3) is 11.7 Å². The van der Waals surface area contributed by atoms with E-state index in [1.165, 1.54) is 24.0 Å². The van der Waals surface area contributed by atoms with Crippen molar-refractivity contribution in [2.45, 2.75) is 52.0 Å². The molecule has 1 aromatic rings. The zero-order valence-corrected chi connectivity index (χ0v) is 13.4. The van der Waals surface area contributed by atoms with Crippen LogP contribution in [0.5, 0.6) is 0 Å². The van der Waals surface area contributed by atoms with Crippen molar-refractivity contribution in [3.8, 4) is 0 Å². The summed E-state index contributed by atoms with van der Waals surface area (Å²) < 4.78 is 0. The summed E-state index contributed by atoms with van der Waals surface area (Å²) in [6.07, 6.45) is 5.52. The standard InChI is InChI=1S/C18H24N2O2/c1-3-7-20(8-4-2)14-6-5-12-11-16-15(10-13(12)9-14)17(21)18(22)19-16/h10-11,14H,3-9H2,1-2H3,(H,19,21,22). The van der Waals surface area contributed by atoms with Gasteiger partial charge in [-0.1, -0.05) is 13.8 Å². The van der Waals surface area contributed by atoms with E-state index in [1.807, 2.05) is 12.1 Å². The molecule has 0 radical (unpaired) electrons. The second-order valence-corrected chi connectivity index (χ2v) is 6.38. The number of benzene rings is 1. The molecule has 3 rings (SSSR count). The van der Waals surface area contributed by atoms with E-state index >= 15 is 0 Å². The first-order valence-corrected chi connectivity index (χ1v) is 8.39. The van der Waals surface area contributed by atoms with Crippen LogP contribution in [-0.4, -0.2) is 35.7 Å². The van der Waals surface area contributed by atoms with Gasteiger partial charge in [0.2, 0.25) is 0 Å². The highest BCUT2D eigenvalue weighted by atomic mass is 16.2. The second kappa shape index (κ2) is 6.21. The van der Waals surface area contributed by atoms with E-state index in [0.717, 1.165) is 32.4 Å². The first kappa shape index (κ1) is 15.2. The lowest BCUT2D eigenvalue weighted by atomic mass is 9.85. The van der Waals surface area contributed by atoms with Crippen LogP contribution < -0.4 is 5.32 Å². The molecule has 1 unspecified atom stereocenters. The summed E-state index contributed by atoms with van der Waals surface area (Å²) in [7, 11) is 0. The lowest BCUT2D eigenvalue weighted by molar-refractivity contribution is -0.112. The summed E-state index contributed by atoms with van der Waals surface area (Å²) in [6, 6.07) is 4.52. The smallest absolute Gasteiger partial charge is 0.296 e. The number of amides is 1. The third-order valence-electron chi connectivity index (χ3n) is 4.78. The highest BCUT2D eigenvalue weighted by Crippen LogP contribution is 2.32. The molecule has 0 fully saturated rings. The van der Waals surface area contributed by atoms with E-state index < -0.39 is 5.91 Å². The van der Waals surface area contributed by atoms with Crippen LogP contribution in [0, 0.1) is 0 Å². The number of anilines is 1. The summed E-state index contributed by atoms with van der Waals surface area (Å²) in [5.74, 6) is -0.883. The van der Waals surface area contributed by atoms with Crippen LogP contribution >= 0.6 is 0 Å². The molecular formula is C18H24N2O2. The van der Waals surface area contributed by atoms with E-state index in [1.54, 1.807) is 0 Å². The quantitative estimate of drug-likeness (QED) is 0.851. The molecule has 1 aliphatic heterocycles. The van der Waals surface area contributed by atoms with E-state index in [4.69, 9.17) is 0 Å². The molecule has 0 spiro atoms. The number of ketones is 1. The average molecular weight is 300 g/mol. The second-order valence-electron chi connectivity index (χ2n) is 6.38. The van der Waals surface area contributed by atoms with Gasteiger partial charge >= 0.3 is 0 Å². The Kier molecular flexibility index (Phi) is 4.30. The van der Waals surface area contributed by atoms with Crippen molar-refractivity contribution < 1.29 is 9.59 Å². The number of hydrogen-bond donors (Lipinski definition) is 1. The monoisotopic (exact) mass is 300 g/mol. The number of carbonyl (C=O) groups is 2. The van der Waals surface area contributed by atoms with E-state index in [2.05, 4.69) is 24.1 Å². The normalized spacial score (nSPS) is 20.0. The maximum Gasteiger partial charge on any atom is 0.296 e. The van der Waals surface area contributed by atoms with Gasteiger partial charge in [0.1, 0.15) is 0 Å². The van der Waals surface area contributed by atoms with Gasteiger partial charge in [0.15, 0.2) is 0 Å². The molecule has 1 atom stereocenters. The molecule has 1 N–H and O–H groups in total. The summed E-state index contributed by atoms with van der Waals surface area (Å²) >= 11 is 0. The molecule has 4 nitrogen and oxygen atoms in total. The van der Waals surface area contributed by atoms with Gasteiger partial charge in [0.05, 0.1) is 11.3 Å². The Labute approximate surface area is 131 Å². The Morgan fingerprint density at radius 2 is 1.86 bits per heavy atom. The fourth-order valence-electron chi connectivity index (χ4n) is 3.75. The third kappa shape index (κ3) is 2.68. The van der Waals surface area contributed by atoms with Crippen molar-refractivity contribution in [3.05, 3.63) is 28.8 Å². The lowest BCUT2D eigenvalue weighted by Gasteiger charge is -2.35. The number of hydrogen-bond acceptors (Lipinski definition) is 3. The number of Topliss-reactive ketones (excluding diaryl/α,β-unsaturated/α-hetero) is 1. The van der Waals surface area contributed by atoms with Crippen molar-refractivity contribution in [3.63, 3.8) is 0 Å². The van der Waals surface area contributed by atoms with E-state index in [-0.39, 0.29) is 5.78 Å². The fraction of sp³-hybridized carbons (Fsp3) is 0.556. The SMILES string of the molecule is CCCN(CCC)C1CCc2cc3c(cc2C1)C(=O)C(=O)N3. The molecule has 1 aliphatic carbocycles. The largest absolute Gasteiger partial charge is 0.318 e. The van der Waals surface area contributed by atoms with Crippen molar-refractivity contribution in [2.24, 2.45) is 0 Å². The number of aryl methyl sites for hydroxylation is 1. The number of nitrogens with zero attached hydrogens (tertiary/aromatic N) is 1. The van der Waals surface area contributed by atoms with Crippen LogP contribution in [-0.2, 0) is 17.6 Å². The van der Waals surface area contributed by atoms with Gasteiger partial charge in [-0.25, -0.2) is 0 Å². The van der Waals surface area contributed by atoms with Crippen LogP contribution in [0.3, 0.4) is 0 Å². The average Bonchev–Trinajstić information content (AvgIpc) is 2.79. The minimum absolute atomic E-state index is 0.390. The zero-order chi connectivity index (χ0) is 15.7. The van der Waals surface area contributed by atoms with Gasteiger partial charge in [0, 0.05) is 6.04 Å². The molecule has 0 saturated heterocycles. The van der Waals surface area contributed by atoms with Gasteiger partial charge in [-0.2, -0.15) is 0 Å². The molecule has 22 heavy (non-hydrogen) atoms. The molecule has 4 heteroatoms. The molecule has 1 amide bonds. The summed E-state index contributed by atoms with van der Waals surface area (Å²) in [4.78, 5) is 26.0. The molecule has 0 saturated carbocycles. The molecule has 118 valence electrons. The predicted octanol–water partition coefficient (Wildman–Crippen LogP) is 2.80. The lowest BCUT2D eigenvalue weighted by Crippen LogP contribution is -2.40. The Morgan fingerprint density at radius 3 is 2.55 bits per heavy atom. The summed E-state index contributed by atoms with van der Waals surface area (Å²) in [6.45, 7) is 6.72. The third-order valence-corrected chi connectivity index (χ3v) is 4.78.